The number of primary amides is 2. The van der Waals surface area contributed by atoms with Crippen LogP contribution in [-0.4, -0.2) is 76.0 Å². The van der Waals surface area contributed by atoms with E-state index in [-0.39, 0.29) is 6.42 Å². The van der Waals surface area contributed by atoms with Crippen molar-refractivity contribution in [2.24, 2.45) is 17.2 Å². The van der Waals surface area contributed by atoms with E-state index in [1.54, 1.807) is 30.3 Å². The molecule has 1 aromatic carbocycles. The molecule has 0 fully saturated rings. The van der Waals surface area contributed by atoms with Crippen LogP contribution in [0.5, 0.6) is 0 Å². The molecule has 1 aromatic rings. The number of hydrogen-bond donors (Lipinski definition) is 8. The van der Waals surface area contributed by atoms with Crippen LogP contribution in [-0.2, 0) is 35.2 Å². The van der Waals surface area contributed by atoms with Crippen LogP contribution in [0.2, 0.25) is 0 Å². The predicted molar refractivity (Wildman–Crippen MR) is 121 cm³/mol. The minimum absolute atomic E-state index is 0.0689. The lowest BCUT2D eigenvalue weighted by atomic mass is 10.0. The zero-order valence-corrected chi connectivity index (χ0v) is 19.0. The van der Waals surface area contributed by atoms with Crippen molar-refractivity contribution in [1.82, 2.24) is 16.0 Å². The van der Waals surface area contributed by atoms with Gasteiger partial charge in [0.05, 0.1) is 25.0 Å². The van der Waals surface area contributed by atoms with Crippen molar-refractivity contribution >= 4 is 35.5 Å². The van der Waals surface area contributed by atoms with E-state index in [4.69, 9.17) is 17.2 Å². The summed E-state index contributed by atoms with van der Waals surface area (Å²) in [5.41, 5.74) is 16.2. The fourth-order valence-electron chi connectivity index (χ4n) is 2.97. The number of aliphatic hydroxyl groups is 1. The molecule has 1 rings (SSSR count). The van der Waals surface area contributed by atoms with Crippen LogP contribution in [0.4, 0.5) is 0 Å². The molecule has 0 radical (unpaired) electrons. The standard InChI is InChI=1S/C21H30N6O8/c1-10(28)17(20(33)26-14(21(34)35)7-11-5-3-2-4-6-11)27-19(32)13(9-16(24)30)25-18(31)12(22)8-15(23)29/h2-6,10,12-14,17,28H,7-9,22H2,1H3,(H2,23,29)(H2,24,30)(H,25,31)(H,26,33)(H,27,32)(H,34,35). The first kappa shape index (κ1) is 29.0. The Morgan fingerprint density at radius 3 is 1.86 bits per heavy atom. The maximum Gasteiger partial charge on any atom is 0.326 e. The number of rotatable bonds is 14. The van der Waals surface area contributed by atoms with Gasteiger partial charge in [-0.05, 0) is 12.5 Å². The molecule has 14 nitrogen and oxygen atoms in total. The molecule has 5 atom stereocenters. The Hall–Kier alpha value is -4.04. The van der Waals surface area contributed by atoms with Gasteiger partial charge in [-0.1, -0.05) is 30.3 Å². The third-order valence-electron chi connectivity index (χ3n) is 4.76. The van der Waals surface area contributed by atoms with Gasteiger partial charge in [0.2, 0.25) is 29.5 Å². The Morgan fingerprint density at radius 1 is 0.829 bits per heavy atom. The molecular formula is C21H30N6O8. The zero-order valence-electron chi connectivity index (χ0n) is 19.0. The Balaban J connectivity index is 2.97. The van der Waals surface area contributed by atoms with Gasteiger partial charge in [-0.2, -0.15) is 0 Å². The summed E-state index contributed by atoms with van der Waals surface area (Å²) >= 11 is 0. The van der Waals surface area contributed by atoms with Crippen molar-refractivity contribution in [2.75, 3.05) is 0 Å². The Morgan fingerprint density at radius 2 is 1.37 bits per heavy atom. The first-order chi connectivity index (χ1) is 16.3. The fourth-order valence-corrected chi connectivity index (χ4v) is 2.97. The maximum atomic E-state index is 12.7. The third kappa shape index (κ3) is 10.2. The molecule has 0 aliphatic carbocycles. The predicted octanol–water partition coefficient (Wildman–Crippen LogP) is -3.77. The monoisotopic (exact) mass is 494 g/mol. The van der Waals surface area contributed by atoms with Gasteiger partial charge >= 0.3 is 5.97 Å². The molecule has 0 bridgehead atoms. The summed E-state index contributed by atoms with van der Waals surface area (Å²) in [6, 6.07) is 2.40. The van der Waals surface area contributed by atoms with Gasteiger partial charge in [0.1, 0.15) is 18.1 Å². The number of carbonyl (C=O) groups excluding carboxylic acids is 5. The van der Waals surface area contributed by atoms with Crippen molar-refractivity contribution < 1.29 is 39.0 Å². The van der Waals surface area contributed by atoms with Crippen LogP contribution in [0, 0.1) is 0 Å². The second-order valence-corrected chi connectivity index (χ2v) is 7.82. The van der Waals surface area contributed by atoms with E-state index in [9.17, 15) is 39.0 Å². The third-order valence-corrected chi connectivity index (χ3v) is 4.76. The van der Waals surface area contributed by atoms with Gasteiger partial charge < -0.3 is 43.4 Å². The number of amides is 5. The summed E-state index contributed by atoms with van der Waals surface area (Å²) in [7, 11) is 0. The number of carboxylic acids is 1. The van der Waals surface area contributed by atoms with Crippen LogP contribution in [0.25, 0.3) is 0 Å². The first-order valence-corrected chi connectivity index (χ1v) is 10.5. The minimum Gasteiger partial charge on any atom is -0.480 e. The number of aliphatic hydroxyl groups excluding tert-OH is 1. The van der Waals surface area contributed by atoms with Gasteiger partial charge in [0, 0.05) is 6.42 Å². The summed E-state index contributed by atoms with van der Waals surface area (Å²) in [5, 5.41) is 26.1. The zero-order chi connectivity index (χ0) is 26.7. The van der Waals surface area contributed by atoms with Crippen LogP contribution in [0.3, 0.4) is 0 Å². The smallest absolute Gasteiger partial charge is 0.326 e. The lowest BCUT2D eigenvalue weighted by molar-refractivity contribution is -0.143. The number of nitrogens with two attached hydrogens (primary N) is 3. The van der Waals surface area contributed by atoms with Crippen molar-refractivity contribution in [3.05, 3.63) is 35.9 Å². The van der Waals surface area contributed by atoms with E-state index < -0.39 is 78.6 Å². The second-order valence-electron chi connectivity index (χ2n) is 7.82. The van der Waals surface area contributed by atoms with Crippen molar-refractivity contribution in [2.45, 2.75) is 56.5 Å². The summed E-state index contributed by atoms with van der Waals surface area (Å²) in [6.07, 6.45) is -2.79. The normalized spacial score (nSPS) is 14.9. The number of carboxylic acid groups (broad SMARTS) is 1. The van der Waals surface area contributed by atoms with E-state index in [1.807, 2.05) is 0 Å². The topological polar surface area (TPSA) is 257 Å². The van der Waals surface area contributed by atoms with Crippen LogP contribution in [0.15, 0.2) is 30.3 Å². The Kier molecular flexibility index (Phi) is 11.3. The number of benzene rings is 1. The first-order valence-electron chi connectivity index (χ1n) is 10.5. The molecule has 0 spiro atoms. The molecule has 0 heterocycles. The molecule has 14 heteroatoms. The van der Waals surface area contributed by atoms with Gasteiger partial charge in [-0.25, -0.2) is 4.79 Å². The number of carbonyl (C=O) groups is 6. The van der Waals surface area contributed by atoms with Crippen molar-refractivity contribution in [3.63, 3.8) is 0 Å². The summed E-state index contributed by atoms with van der Waals surface area (Å²) in [5.74, 6) is -6.30. The van der Waals surface area contributed by atoms with Crippen LogP contribution < -0.4 is 33.2 Å². The van der Waals surface area contributed by atoms with Gasteiger partial charge in [-0.3, -0.25) is 24.0 Å². The fraction of sp³-hybridized carbons (Fsp3) is 0.429. The van der Waals surface area contributed by atoms with Crippen molar-refractivity contribution in [1.29, 1.82) is 0 Å². The Labute approximate surface area is 200 Å². The molecule has 0 saturated heterocycles. The molecule has 11 N–H and O–H groups in total. The van der Waals surface area contributed by atoms with E-state index in [2.05, 4.69) is 16.0 Å². The number of nitrogens with one attached hydrogen (secondary N) is 3. The summed E-state index contributed by atoms with van der Waals surface area (Å²) in [6.45, 7) is 1.17. The number of hydrogen-bond acceptors (Lipinski definition) is 8. The van der Waals surface area contributed by atoms with Gasteiger partial charge in [-0.15, -0.1) is 0 Å². The van der Waals surface area contributed by atoms with Crippen molar-refractivity contribution in [3.8, 4) is 0 Å². The minimum atomic E-state index is -1.65. The molecule has 0 aliphatic heterocycles. The lowest BCUT2D eigenvalue weighted by Crippen LogP contribution is -2.60. The molecule has 5 unspecified atom stereocenters. The maximum absolute atomic E-state index is 12.7. The number of aliphatic carboxylic acids is 1. The van der Waals surface area contributed by atoms with E-state index in [0.717, 1.165) is 0 Å². The van der Waals surface area contributed by atoms with Gasteiger partial charge in [0.25, 0.3) is 0 Å². The van der Waals surface area contributed by atoms with E-state index in [1.165, 1.54) is 6.92 Å². The average molecular weight is 495 g/mol. The summed E-state index contributed by atoms with van der Waals surface area (Å²) in [4.78, 5) is 71.6. The highest BCUT2D eigenvalue weighted by Gasteiger charge is 2.33. The molecule has 5 amide bonds. The molecule has 35 heavy (non-hydrogen) atoms. The quantitative estimate of drug-likeness (QED) is 0.126. The highest BCUT2D eigenvalue weighted by molar-refractivity contribution is 5.97. The van der Waals surface area contributed by atoms with Crippen LogP contribution in [0.1, 0.15) is 25.3 Å². The lowest BCUT2D eigenvalue weighted by Gasteiger charge is -2.26. The molecule has 0 aliphatic rings. The molecule has 192 valence electrons. The molecule has 0 saturated carbocycles. The van der Waals surface area contributed by atoms with Crippen LogP contribution >= 0.6 is 0 Å². The summed E-state index contributed by atoms with van der Waals surface area (Å²) < 4.78 is 0. The van der Waals surface area contributed by atoms with Gasteiger partial charge in [0.15, 0.2) is 0 Å². The Bertz CT molecular complexity index is 939. The highest BCUT2D eigenvalue weighted by atomic mass is 16.4. The highest BCUT2D eigenvalue weighted by Crippen LogP contribution is 2.05. The largest absolute Gasteiger partial charge is 0.480 e. The van der Waals surface area contributed by atoms with E-state index >= 15 is 0 Å². The van der Waals surface area contributed by atoms with E-state index in [0.29, 0.717) is 5.56 Å². The molecular weight excluding hydrogens is 464 g/mol. The molecule has 0 aromatic heterocycles. The average Bonchev–Trinajstić information content (AvgIpc) is 2.75. The SMILES string of the molecule is CC(O)C(NC(=O)C(CC(N)=O)NC(=O)C(N)CC(N)=O)C(=O)NC(Cc1ccccc1)C(=O)O. The second kappa shape index (κ2) is 13.6.